The van der Waals surface area contributed by atoms with Crippen molar-refractivity contribution in [2.75, 3.05) is 13.4 Å². The summed E-state index contributed by atoms with van der Waals surface area (Å²) in [6, 6.07) is 5.46. The van der Waals surface area contributed by atoms with Crippen LogP contribution in [0.3, 0.4) is 0 Å². The number of nitrogens with one attached hydrogen (secondary N) is 1. The summed E-state index contributed by atoms with van der Waals surface area (Å²) >= 11 is 0. The number of hydrogen-bond acceptors (Lipinski definition) is 4. The number of ether oxygens (including phenoxy) is 3. The van der Waals surface area contributed by atoms with Gasteiger partial charge in [0.05, 0.1) is 12.4 Å². The minimum Gasteiger partial charge on any atom is -0.493 e. The Morgan fingerprint density at radius 3 is 3.00 bits per heavy atom. The lowest BCUT2D eigenvalue weighted by Gasteiger charge is -2.06. The molecule has 2 rings (SSSR count). The second-order valence-electron chi connectivity index (χ2n) is 3.49. The third kappa shape index (κ3) is 2.56. The number of benzene rings is 1. The molecule has 0 atom stereocenters. The summed E-state index contributed by atoms with van der Waals surface area (Å²) in [7, 11) is 0. The Morgan fingerprint density at radius 1 is 1.38 bits per heavy atom. The number of hydrogen-bond donors (Lipinski definition) is 2. The van der Waals surface area contributed by atoms with Gasteiger partial charge in [0.25, 0.3) is 0 Å². The Hall–Kier alpha value is -1.91. The van der Waals surface area contributed by atoms with Crippen molar-refractivity contribution in [3.63, 3.8) is 0 Å². The molecule has 3 N–H and O–H groups in total. The molecule has 5 nitrogen and oxygen atoms in total. The molecule has 86 valence electrons. The quantitative estimate of drug-likeness (QED) is 0.449. The number of rotatable bonds is 5. The van der Waals surface area contributed by atoms with E-state index >= 15 is 0 Å². The van der Waals surface area contributed by atoms with Crippen LogP contribution in [0.25, 0.3) is 0 Å². The zero-order valence-electron chi connectivity index (χ0n) is 8.86. The van der Waals surface area contributed by atoms with Gasteiger partial charge in [-0.2, -0.15) is 0 Å². The zero-order chi connectivity index (χ0) is 11.4. The highest BCUT2D eigenvalue weighted by atomic mass is 16.7. The molecule has 5 heteroatoms. The molecule has 0 bridgehead atoms. The van der Waals surface area contributed by atoms with Crippen LogP contribution < -0.4 is 19.9 Å². The molecule has 0 radical (unpaired) electrons. The van der Waals surface area contributed by atoms with Gasteiger partial charge >= 0.3 is 0 Å². The first-order chi connectivity index (χ1) is 7.75. The van der Waals surface area contributed by atoms with Gasteiger partial charge < -0.3 is 19.9 Å². The standard InChI is InChI=1S/C11H14N2O3/c12-11(13)2-1-5-14-8-3-4-9-10(6-8)16-7-15-9/h3-4,6H,1-2,5,7H2,(H3,12,13). The van der Waals surface area contributed by atoms with E-state index in [0.29, 0.717) is 18.8 Å². The number of amidine groups is 1. The maximum absolute atomic E-state index is 7.06. The normalized spacial score (nSPS) is 12.5. The van der Waals surface area contributed by atoms with Gasteiger partial charge in [0.1, 0.15) is 5.75 Å². The van der Waals surface area contributed by atoms with Gasteiger partial charge in [0.2, 0.25) is 6.79 Å². The molecule has 16 heavy (non-hydrogen) atoms. The molecule has 0 fully saturated rings. The summed E-state index contributed by atoms with van der Waals surface area (Å²) in [4.78, 5) is 0. The Bertz CT molecular complexity index is 393. The fraction of sp³-hybridized carbons (Fsp3) is 0.364. The highest BCUT2D eigenvalue weighted by Crippen LogP contribution is 2.35. The zero-order valence-corrected chi connectivity index (χ0v) is 8.86. The third-order valence-electron chi connectivity index (χ3n) is 2.20. The van der Waals surface area contributed by atoms with E-state index in [1.54, 1.807) is 6.07 Å². The first kappa shape index (κ1) is 10.6. The minimum absolute atomic E-state index is 0.189. The summed E-state index contributed by atoms with van der Waals surface area (Å²) in [5.41, 5.74) is 5.24. The van der Waals surface area contributed by atoms with Gasteiger partial charge in [0, 0.05) is 12.5 Å². The maximum Gasteiger partial charge on any atom is 0.231 e. The van der Waals surface area contributed by atoms with Crippen LogP contribution in [-0.2, 0) is 0 Å². The molecule has 1 aromatic rings. The lowest BCUT2D eigenvalue weighted by Crippen LogP contribution is -2.10. The Balaban J connectivity index is 1.83. The molecule has 0 saturated heterocycles. The van der Waals surface area contributed by atoms with E-state index in [2.05, 4.69) is 0 Å². The molecule has 0 aromatic heterocycles. The van der Waals surface area contributed by atoms with Crippen molar-refractivity contribution in [1.29, 1.82) is 5.41 Å². The van der Waals surface area contributed by atoms with Crippen LogP contribution in [0.1, 0.15) is 12.8 Å². The Kier molecular flexibility index (Phi) is 3.14. The van der Waals surface area contributed by atoms with Gasteiger partial charge in [-0.3, -0.25) is 5.41 Å². The van der Waals surface area contributed by atoms with E-state index in [0.717, 1.165) is 17.9 Å². The van der Waals surface area contributed by atoms with E-state index in [-0.39, 0.29) is 12.6 Å². The molecule has 0 saturated carbocycles. The monoisotopic (exact) mass is 222 g/mol. The second-order valence-corrected chi connectivity index (χ2v) is 3.49. The van der Waals surface area contributed by atoms with Crippen LogP contribution in [0.4, 0.5) is 0 Å². The molecule has 1 aliphatic heterocycles. The molecule has 0 amide bonds. The van der Waals surface area contributed by atoms with Gasteiger partial charge in [-0.05, 0) is 18.6 Å². The molecule has 0 aliphatic carbocycles. The predicted octanol–water partition coefficient (Wildman–Crippen LogP) is 1.51. The van der Waals surface area contributed by atoms with Crippen LogP contribution in [0.2, 0.25) is 0 Å². The molecule has 0 unspecified atom stereocenters. The molecule has 0 spiro atoms. The van der Waals surface area contributed by atoms with Crippen LogP contribution >= 0.6 is 0 Å². The van der Waals surface area contributed by atoms with Crippen molar-refractivity contribution in [2.45, 2.75) is 12.8 Å². The highest BCUT2D eigenvalue weighted by molar-refractivity contribution is 5.76. The maximum atomic E-state index is 7.06. The van der Waals surface area contributed by atoms with Crippen molar-refractivity contribution in [3.8, 4) is 17.2 Å². The molecule has 1 heterocycles. The SMILES string of the molecule is N=C(N)CCCOc1ccc2c(c1)OCO2. The summed E-state index contributed by atoms with van der Waals surface area (Å²) in [5, 5.41) is 7.06. The first-order valence-electron chi connectivity index (χ1n) is 5.11. The van der Waals surface area contributed by atoms with Crippen molar-refractivity contribution in [1.82, 2.24) is 0 Å². The van der Waals surface area contributed by atoms with Crippen molar-refractivity contribution < 1.29 is 14.2 Å². The smallest absolute Gasteiger partial charge is 0.231 e. The molecule has 1 aliphatic rings. The summed E-state index contributed by atoms with van der Waals surface area (Å²) in [6.07, 6.45) is 1.30. The van der Waals surface area contributed by atoms with Crippen LogP contribution in [0.5, 0.6) is 17.2 Å². The fourth-order valence-corrected chi connectivity index (χ4v) is 1.42. The summed E-state index contributed by atoms with van der Waals surface area (Å²) in [5.74, 6) is 2.39. The fourth-order valence-electron chi connectivity index (χ4n) is 1.42. The van der Waals surface area contributed by atoms with Crippen LogP contribution in [-0.4, -0.2) is 19.2 Å². The predicted molar refractivity (Wildman–Crippen MR) is 59.2 cm³/mol. The topological polar surface area (TPSA) is 77.6 Å². The van der Waals surface area contributed by atoms with E-state index in [4.69, 9.17) is 25.4 Å². The molecule has 1 aromatic carbocycles. The molecular formula is C11H14N2O3. The third-order valence-corrected chi connectivity index (χ3v) is 2.20. The van der Waals surface area contributed by atoms with Crippen molar-refractivity contribution >= 4 is 5.84 Å². The summed E-state index contributed by atoms with van der Waals surface area (Å²) in [6.45, 7) is 0.808. The largest absolute Gasteiger partial charge is 0.493 e. The van der Waals surface area contributed by atoms with Gasteiger partial charge in [0.15, 0.2) is 11.5 Å². The van der Waals surface area contributed by atoms with Crippen LogP contribution in [0.15, 0.2) is 18.2 Å². The highest BCUT2D eigenvalue weighted by Gasteiger charge is 2.13. The van der Waals surface area contributed by atoms with Crippen molar-refractivity contribution in [2.24, 2.45) is 5.73 Å². The van der Waals surface area contributed by atoms with E-state index in [1.165, 1.54) is 0 Å². The van der Waals surface area contributed by atoms with E-state index < -0.39 is 0 Å². The summed E-state index contributed by atoms with van der Waals surface area (Å²) < 4.78 is 15.9. The second kappa shape index (κ2) is 4.74. The van der Waals surface area contributed by atoms with Gasteiger partial charge in [-0.15, -0.1) is 0 Å². The average Bonchev–Trinajstić information content (AvgIpc) is 2.71. The lowest BCUT2D eigenvalue weighted by molar-refractivity contribution is 0.173. The first-order valence-corrected chi connectivity index (χ1v) is 5.11. The number of nitrogens with two attached hydrogens (primary N) is 1. The number of fused-ring (bicyclic) bond motifs is 1. The Labute approximate surface area is 93.6 Å². The van der Waals surface area contributed by atoms with Gasteiger partial charge in [-0.25, -0.2) is 0 Å². The van der Waals surface area contributed by atoms with E-state index in [1.807, 2.05) is 12.1 Å². The Morgan fingerprint density at radius 2 is 2.19 bits per heavy atom. The van der Waals surface area contributed by atoms with E-state index in [9.17, 15) is 0 Å². The van der Waals surface area contributed by atoms with Gasteiger partial charge in [-0.1, -0.05) is 0 Å². The minimum atomic E-state index is 0.189. The average molecular weight is 222 g/mol. The lowest BCUT2D eigenvalue weighted by atomic mass is 10.3. The molecular weight excluding hydrogens is 208 g/mol. The van der Waals surface area contributed by atoms with Crippen molar-refractivity contribution in [3.05, 3.63) is 18.2 Å². The van der Waals surface area contributed by atoms with Crippen LogP contribution in [0, 0.1) is 5.41 Å².